The van der Waals surface area contributed by atoms with Crippen LogP contribution in [0.1, 0.15) is 21.5 Å². The molecule has 1 amide bonds. The third-order valence-electron chi connectivity index (χ3n) is 4.72. The largest absolute Gasteiger partial charge is 0.508 e. The van der Waals surface area contributed by atoms with Gasteiger partial charge in [0.05, 0.1) is 23.4 Å². The highest BCUT2D eigenvalue weighted by molar-refractivity contribution is 6.39. The summed E-state index contributed by atoms with van der Waals surface area (Å²) in [5.41, 5.74) is 2.48. The summed E-state index contributed by atoms with van der Waals surface area (Å²) in [6, 6.07) is 20.1. The van der Waals surface area contributed by atoms with E-state index in [2.05, 4.69) is 4.99 Å². The van der Waals surface area contributed by atoms with Gasteiger partial charge in [0, 0.05) is 5.56 Å². The van der Waals surface area contributed by atoms with Crippen LogP contribution in [-0.4, -0.2) is 29.9 Å². The van der Waals surface area contributed by atoms with E-state index in [1.165, 1.54) is 24.1 Å². The van der Waals surface area contributed by atoms with Crippen LogP contribution >= 0.6 is 11.6 Å². The second kappa shape index (κ2) is 8.45. The standard InChI is InChI=1S/C24H17ClN2O4/c1-31-24(30)16-8-6-15(7-9-16)14-21-23(29)27(17-10-12-18(28)13-11-17)22(26-21)19-4-2-3-5-20(19)25/h2-14,28H,1H3/b21-14+. The molecule has 6 nitrogen and oxygen atoms in total. The van der Waals surface area contributed by atoms with Crippen molar-refractivity contribution in [2.75, 3.05) is 12.0 Å². The lowest BCUT2D eigenvalue weighted by molar-refractivity contribution is -0.113. The Balaban J connectivity index is 1.78. The van der Waals surface area contributed by atoms with Gasteiger partial charge in [0.25, 0.3) is 5.91 Å². The zero-order chi connectivity index (χ0) is 22.0. The van der Waals surface area contributed by atoms with Gasteiger partial charge in [-0.25, -0.2) is 9.79 Å². The van der Waals surface area contributed by atoms with Crippen molar-refractivity contribution in [3.05, 3.63) is 100 Å². The van der Waals surface area contributed by atoms with Crippen molar-refractivity contribution >= 4 is 41.1 Å². The zero-order valence-electron chi connectivity index (χ0n) is 16.4. The predicted molar refractivity (Wildman–Crippen MR) is 119 cm³/mol. The molecule has 0 fully saturated rings. The first-order valence-electron chi connectivity index (χ1n) is 9.35. The summed E-state index contributed by atoms with van der Waals surface area (Å²) in [6.45, 7) is 0. The van der Waals surface area contributed by atoms with E-state index < -0.39 is 5.97 Å². The molecule has 0 aromatic heterocycles. The Morgan fingerprint density at radius 3 is 2.35 bits per heavy atom. The molecule has 0 radical (unpaired) electrons. The van der Waals surface area contributed by atoms with E-state index in [9.17, 15) is 14.7 Å². The molecule has 1 heterocycles. The summed E-state index contributed by atoms with van der Waals surface area (Å²) >= 11 is 6.38. The Labute approximate surface area is 183 Å². The van der Waals surface area contributed by atoms with Gasteiger partial charge in [-0.1, -0.05) is 35.9 Å². The lowest BCUT2D eigenvalue weighted by Crippen LogP contribution is -2.32. The second-order valence-corrected chi connectivity index (χ2v) is 7.12. The minimum absolute atomic E-state index is 0.0908. The summed E-state index contributed by atoms with van der Waals surface area (Å²) < 4.78 is 4.71. The first-order chi connectivity index (χ1) is 15.0. The van der Waals surface area contributed by atoms with Gasteiger partial charge < -0.3 is 9.84 Å². The molecule has 7 heteroatoms. The van der Waals surface area contributed by atoms with Gasteiger partial charge in [0.15, 0.2) is 0 Å². The number of amides is 1. The SMILES string of the molecule is COC(=O)c1ccc(/C=C2/N=C(c3ccccc3Cl)N(c3ccc(O)cc3)C2=O)cc1. The fraction of sp³-hybridized carbons (Fsp3) is 0.0417. The van der Waals surface area contributed by atoms with Crippen LogP contribution in [0.25, 0.3) is 6.08 Å². The molecule has 31 heavy (non-hydrogen) atoms. The minimum atomic E-state index is -0.436. The van der Waals surface area contributed by atoms with Gasteiger partial charge in [0.1, 0.15) is 17.3 Å². The monoisotopic (exact) mass is 432 g/mol. The molecule has 1 N–H and O–H groups in total. The average Bonchev–Trinajstić information content (AvgIpc) is 3.10. The lowest BCUT2D eigenvalue weighted by atomic mass is 10.1. The number of ether oxygens (including phenoxy) is 1. The van der Waals surface area contributed by atoms with Gasteiger partial charge in [-0.3, -0.25) is 9.69 Å². The number of carbonyl (C=O) groups is 2. The van der Waals surface area contributed by atoms with Crippen LogP contribution in [0.3, 0.4) is 0 Å². The van der Waals surface area contributed by atoms with Crippen LogP contribution in [0, 0.1) is 0 Å². The number of anilines is 1. The predicted octanol–water partition coefficient (Wildman–Crippen LogP) is 4.67. The van der Waals surface area contributed by atoms with E-state index >= 15 is 0 Å². The number of esters is 1. The molecule has 0 atom stereocenters. The van der Waals surface area contributed by atoms with Crippen molar-refractivity contribution < 1.29 is 19.4 Å². The van der Waals surface area contributed by atoms with E-state index in [-0.39, 0.29) is 17.4 Å². The number of rotatable bonds is 4. The number of phenols is 1. The number of phenolic OH excluding ortho intramolecular Hbond substituents is 1. The fourth-order valence-electron chi connectivity index (χ4n) is 3.17. The number of methoxy groups -OCH3 is 1. The first-order valence-corrected chi connectivity index (χ1v) is 9.73. The molecule has 3 aromatic rings. The van der Waals surface area contributed by atoms with Crippen molar-refractivity contribution in [3.63, 3.8) is 0 Å². The maximum atomic E-state index is 13.3. The van der Waals surface area contributed by atoms with Gasteiger partial charge >= 0.3 is 5.97 Å². The van der Waals surface area contributed by atoms with E-state index in [4.69, 9.17) is 16.3 Å². The van der Waals surface area contributed by atoms with E-state index in [0.717, 1.165) is 0 Å². The normalized spacial score (nSPS) is 14.6. The molecule has 0 aliphatic carbocycles. The molecular formula is C24H17ClN2O4. The third kappa shape index (κ3) is 4.06. The lowest BCUT2D eigenvalue weighted by Gasteiger charge is -2.19. The first kappa shape index (κ1) is 20.4. The third-order valence-corrected chi connectivity index (χ3v) is 5.05. The molecule has 4 rings (SSSR count). The minimum Gasteiger partial charge on any atom is -0.508 e. The van der Waals surface area contributed by atoms with Crippen molar-refractivity contribution in [1.29, 1.82) is 0 Å². The summed E-state index contributed by atoms with van der Waals surface area (Å²) in [5, 5.41) is 10.1. The molecular weight excluding hydrogens is 416 g/mol. The van der Waals surface area contributed by atoms with Crippen LogP contribution in [0.15, 0.2) is 83.5 Å². The molecule has 1 aliphatic heterocycles. The van der Waals surface area contributed by atoms with Crippen molar-refractivity contribution in [3.8, 4) is 5.75 Å². The number of hydrogen-bond acceptors (Lipinski definition) is 5. The van der Waals surface area contributed by atoms with Crippen molar-refractivity contribution in [2.24, 2.45) is 4.99 Å². The summed E-state index contributed by atoms with van der Waals surface area (Å²) in [6.07, 6.45) is 1.64. The number of nitrogens with zero attached hydrogens (tertiary/aromatic N) is 2. The number of benzene rings is 3. The fourth-order valence-corrected chi connectivity index (χ4v) is 3.39. The highest BCUT2D eigenvalue weighted by Gasteiger charge is 2.33. The summed E-state index contributed by atoms with van der Waals surface area (Å²) in [7, 11) is 1.32. The topological polar surface area (TPSA) is 79.2 Å². The Bertz CT molecular complexity index is 1220. The number of hydrogen-bond donors (Lipinski definition) is 1. The Kier molecular flexibility index (Phi) is 5.56. The Hall–Kier alpha value is -3.90. The zero-order valence-corrected chi connectivity index (χ0v) is 17.2. The smallest absolute Gasteiger partial charge is 0.337 e. The molecule has 0 unspecified atom stereocenters. The molecule has 0 saturated carbocycles. The van der Waals surface area contributed by atoms with Gasteiger partial charge in [-0.2, -0.15) is 0 Å². The van der Waals surface area contributed by atoms with Gasteiger partial charge in [-0.05, 0) is 60.2 Å². The Morgan fingerprint density at radius 1 is 1.03 bits per heavy atom. The van der Waals surface area contributed by atoms with E-state index in [0.29, 0.717) is 33.2 Å². The molecule has 0 spiro atoms. The van der Waals surface area contributed by atoms with Crippen molar-refractivity contribution in [1.82, 2.24) is 0 Å². The van der Waals surface area contributed by atoms with Gasteiger partial charge in [0.2, 0.25) is 0 Å². The number of aromatic hydroxyl groups is 1. The molecule has 154 valence electrons. The van der Waals surface area contributed by atoms with E-state index in [1.54, 1.807) is 60.7 Å². The second-order valence-electron chi connectivity index (χ2n) is 6.72. The number of carbonyl (C=O) groups excluding carboxylic acids is 2. The Morgan fingerprint density at radius 2 is 1.71 bits per heavy atom. The molecule has 3 aromatic carbocycles. The highest BCUT2D eigenvalue weighted by Crippen LogP contribution is 2.31. The average molecular weight is 433 g/mol. The maximum Gasteiger partial charge on any atom is 0.337 e. The maximum absolute atomic E-state index is 13.3. The van der Waals surface area contributed by atoms with E-state index in [1.807, 2.05) is 6.07 Å². The van der Waals surface area contributed by atoms with Crippen molar-refractivity contribution in [2.45, 2.75) is 0 Å². The molecule has 1 aliphatic rings. The molecule has 0 saturated heterocycles. The number of amidine groups is 1. The highest BCUT2D eigenvalue weighted by atomic mass is 35.5. The van der Waals surface area contributed by atoms with Crippen LogP contribution in [0.2, 0.25) is 5.02 Å². The van der Waals surface area contributed by atoms with Gasteiger partial charge in [-0.15, -0.1) is 0 Å². The van der Waals surface area contributed by atoms with Crippen LogP contribution < -0.4 is 4.90 Å². The van der Waals surface area contributed by atoms with Crippen LogP contribution in [-0.2, 0) is 9.53 Å². The number of aliphatic imine (C=N–C) groups is 1. The molecule has 0 bridgehead atoms. The van der Waals surface area contributed by atoms with Crippen LogP contribution in [0.4, 0.5) is 5.69 Å². The quantitative estimate of drug-likeness (QED) is 0.480. The number of halogens is 1. The summed E-state index contributed by atoms with van der Waals surface area (Å²) in [5.74, 6) is -0.293. The van der Waals surface area contributed by atoms with Crippen LogP contribution in [0.5, 0.6) is 5.75 Å². The summed E-state index contributed by atoms with van der Waals surface area (Å²) in [4.78, 5) is 30.9.